The zero-order valence-electron chi connectivity index (χ0n) is 6.50. The minimum absolute atomic E-state index is 1.13. The van der Waals surface area contributed by atoms with Gasteiger partial charge in [0.15, 0.2) is 0 Å². The Morgan fingerprint density at radius 2 is 2.18 bits per heavy atom. The molecule has 0 atom stereocenters. The van der Waals surface area contributed by atoms with Crippen LogP contribution in [0.2, 0.25) is 0 Å². The van der Waals surface area contributed by atoms with Crippen molar-refractivity contribution in [3.05, 3.63) is 35.2 Å². The third-order valence-electron chi connectivity index (χ3n) is 1.93. The second-order valence-corrected chi connectivity index (χ2v) is 3.59. The topological polar surface area (TPSA) is 0 Å². The molecule has 1 aromatic heterocycles. The molecule has 0 N–H and O–H groups in total. The van der Waals surface area contributed by atoms with E-state index in [1.807, 2.05) is 11.3 Å². The van der Waals surface area contributed by atoms with Gasteiger partial charge in [-0.3, -0.25) is 0 Å². The largest absolute Gasteiger partial charge is 0.144 e. The van der Waals surface area contributed by atoms with Crippen molar-refractivity contribution in [3.63, 3.8) is 0 Å². The normalized spacial score (nSPS) is 10.6. The predicted molar refractivity (Wildman–Crippen MR) is 51.2 cm³/mol. The molecule has 2 rings (SSSR count). The lowest BCUT2D eigenvalue weighted by Crippen LogP contribution is -1.75. The Morgan fingerprint density at radius 3 is 3.00 bits per heavy atom. The van der Waals surface area contributed by atoms with Crippen LogP contribution in [0, 0.1) is 0 Å². The minimum atomic E-state index is 1.13. The number of hydrogen-bond donors (Lipinski definition) is 0. The van der Waals surface area contributed by atoms with Gasteiger partial charge in [0.2, 0.25) is 0 Å². The summed E-state index contributed by atoms with van der Waals surface area (Å²) in [7, 11) is 0. The molecule has 0 amide bonds. The third kappa shape index (κ3) is 1.16. The summed E-state index contributed by atoms with van der Waals surface area (Å²) in [5.74, 6) is 0. The average molecular weight is 162 g/mol. The standard InChI is InChI=1S/C10H10S/c1-2-8-3-4-9-5-6-11-10(9)7-8/h3-7H,2H2,1H3. The van der Waals surface area contributed by atoms with Crippen LogP contribution >= 0.6 is 11.3 Å². The van der Waals surface area contributed by atoms with Crippen molar-refractivity contribution in [2.45, 2.75) is 13.3 Å². The first-order chi connectivity index (χ1) is 5.40. The van der Waals surface area contributed by atoms with Crippen molar-refractivity contribution < 1.29 is 0 Å². The van der Waals surface area contributed by atoms with Gasteiger partial charge in [-0.15, -0.1) is 11.3 Å². The van der Waals surface area contributed by atoms with Crippen molar-refractivity contribution in [2.75, 3.05) is 0 Å². The Labute approximate surface area is 70.5 Å². The van der Waals surface area contributed by atoms with E-state index in [1.165, 1.54) is 15.6 Å². The van der Waals surface area contributed by atoms with Crippen molar-refractivity contribution in [1.29, 1.82) is 0 Å². The minimum Gasteiger partial charge on any atom is -0.144 e. The molecule has 0 saturated heterocycles. The lowest BCUT2D eigenvalue weighted by atomic mass is 10.1. The predicted octanol–water partition coefficient (Wildman–Crippen LogP) is 3.46. The van der Waals surface area contributed by atoms with E-state index in [-0.39, 0.29) is 0 Å². The quantitative estimate of drug-likeness (QED) is 0.602. The first-order valence-electron chi connectivity index (χ1n) is 3.86. The Bertz CT molecular complexity index is 360. The van der Waals surface area contributed by atoms with Gasteiger partial charge >= 0.3 is 0 Å². The Hall–Kier alpha value is -0.820. The maximum atomic E-state index is 2.28. The number of hydrogen-bond acceptors (Lipinski definition) is 1. The van der Waals surface area contributed by atoms with E-state index in [2.05, 4.69) is 36.6 Å². The molecule has 0 radical (unpaired) electrons. The van der Waals surface area contributed by atoms with Crippen LogP contribution in [-0.2, 0) is 6.42 Å². The lowest BCUT2D eigenvalue weighted by molar-refractivity contribution is 1.15. The molecule has 0 spiro atoms. The first-order valence-corrected chi connectivity index (χ1v) is 4.74. The fourth-order valence-corrected chi connectivity index (χ4v) is 2.07. The van der Waals surface area contributed by atoms with Crippen LogP contribution < -0.4 is 0 Å². The van der Waals surface area contributed by atoms with Gasteiger partial charge in [0.05, 0.1) is 0 Å². The van der Waals surface area contributed by atoms with Gasteiger partial charge < -0.3 is 0 Å². The Kier molecular flexibility index (Phi) is 1.66. The van der Waals surface area contributed by atoms with Crippen LogP contribution in [0.5, 0.6) is 0 Å². The third-order valence-corrected chi connectivity index (χ3v) is 2.81. The van der Waals surface area contributed by atoms with Crippen LogP contribution in [0.25, 0.3) is 10.1 Å². The van der Waals surface area contributed by atoms with E-state index in [0.29, 0.717) is 0 Å². The molecule has 1 aromatic carbocycles. The molecule has 0 aliphatic heterocycles. The highest BCUT2D eigenvalue weighted by Crippen LogP contribution is 2.21. The van der Waals surface area contributed by atoms with Crippen LogP contribution in [-0.4, -0.2) is 0 Å². The average Bonchev–Trinajstić information content (AvgIpc) is 2.50. The molecule has 56 valence electrons. The van der Waals surface area contributed by atoms with Crippen LogP contribution in [0.3, 0.4) is 0 Å². The van der Waals surface area contributed by atoms with E-state index in [9.17, 15) is 0 Å². The summed E-state index contributed by atoms with van der Waals surface area (Å²) < 4.78 is 1.41. The van der Waals surface area contributed by atoms with E-state index in [0.717, 1.165) is 6.42 Å². The maximum Gasteiger partial charge on any atom is 0.0345 e. The van der Waals surface area contributed by atoms with Gasteiger partial charge in [-0.25, -0.2) is 0 Å². The summed E-state index contributed by atoms with van der Waals surface area (Å²) in [6, 6.07) is 8.85. The molecule has 0 unspecified atom stereocenters. The van der Waals surface area contributed by atoms with Crippen LogP contribution in [0.4, 0.5) is 0 Å². The van der Waals surface area contributed by atoms with Gasteiger partial charge in [0.25, 0.3) is 0 Å². The molecule has 0 saturated carbocycles. The number of aryl methyl sites for hydroxylation is 1. The second kappa shape index (κ2) is 2.67. The fourth-order valence-electron chi connectivity index (χ4n) is 1.22. The summed E-state index contributed by atoms with van der Waals surface area (Å²) in [5.41, 5.74) is 1.43. The molecule has 0 bridgehead atoms. The summed E-state index contributed by atoms with van der Waals surface area (Å²) in [4.78, 5) is 0. The van der Waals surface area contributed by atoms with E-state index in [4.69, 9.17) is 0 Å². The van der Waals surface area contributed by atoms with E-state index in [1.54, 1.807) is 0 Å². The van der Waals surface area contributed by atoms with Gasteiger partial charge in [0.1, 0.15) is 0 Å². The molecular weight excluding hydrogens is 152 g/mol. The number of fused-ring (bicyclic) bond motifs is 1. The van der Waals surface area contributed by atoms with Gasteiger partial charge in [-0.1, -0.05) is 19.1 Å². The van der Waals surface area contributed by atoms with Gasteiger partial charge in [-0.05, 0) is 34.9 Å². The van der Waals surface area contributed by atoms with E-state index < -0.39 is 0 Å². The van der Waals surface area contributed by atoms with Crippen LogP contribution in [0.1, 0.15) is 12.5 Å². The summed E-state index contributed by atoms with van der Waals surface area (Å²) in [6.07, 6.45) is 1.13. The molecule has 0 nitrogen and oxygen atoms in total. The Morgan fingerprint density at radius 1 is 1.27 bits per heavy atom. The fraction of sp³-hybridized carbons (Fsp3) is 0.200. The van der Waals surface area contributed by atoms with Crippen molar-refractivity contribution in [2.24, 2.45) is 0 Å². The molecule has 0 fully saturated rings. The summed E-state index contributed by atoms with van der Waals surface area (Å²) in [6.45, 7) is 2.19. The molecule has 0 aliphatic rings. The smallest absolute Gasteiger partial charge is 0.0345 e. The van der Waals surface area contributed by atoms with Crippen molar-refractivity contribution >= 4 is 21.4 Å². The molecule has 1 heteroatoms. The van der Waals surface area contributed by atoms with Gasteiger partial charge in [0, 0.05) is 4.70 Å². The molecule has 11 heavy (non-hydrogen) atoms. The molecule has 0 aliphatic carbocycles. The monoisotopic (exact) mass is 162 g/mol. The Balaban J connectivity index is 2.67. The van der Waals surface area contributed by atoms with E-state index >= 15 is 0 Å². The molecule has 2 aromatic rings. The lowest BCUT2D eigenvalue weighted by Gasteiger charge is -1.94. The maximum absolute atomic E-state index is 2.28. The van der Waals surface area contributed by atoms with Crippen molar-refractivity contribution in [3.8, 4) is 0 Å². The highest BCUT2D eigenvalue weighted by Gasteiger charge is 1.94. The first kappa shape index (κ1) is 6.86. The highest BCUT2D eigenvalue weighted by atomic mass is 32.1. The molecule has 1 heterocycles. The van der Waals surface area contributed by atoms with Gasteiger partial charge in [-0.2, -0.15) is 0 Å². The molecular formula is C10H10S. The summed E-state index contributed by atoms with van der Waals surface area (Å²) in [5, 5.41) is 3.51. The number of rotatable bonds is 1. The number of benzene rings is 1. The SMILES string of the molecule is CCc1ccc2ccsc2c1. The van der Waals surface area contributed by atoms with Crippen molar-refractivity contribution in [1.82, 2.24) is 0 Å². The second-order valence-electron chi connectivity index (χ2n) is 2.65. The number of thiophene rings is 1. The summed E-state index contributed by atoms with van der Waals surface area (Å²) >= 11 is 1.82. The van der Waals surface area contributed by atoms with Crippen LogP contribution in [0.15, 0.2) is 29.6 Å². The zero-order valence-corrected chi connectivity index (χ0v) is 7.32. The zero-order chi connectivity index (χ0) is 7.68. The highest BCUT2D eigenvalue weighted by molar-refractivity contribution is 7.17.